The Morgan fingerprint density at radius 3 is 2.53 bits per heavy atom. The normalized spacial score (nSPS) is 11.8. The second kappa shape index (κ2) is 10.6. The van der Waals surface area contributed by atoms with Gasteiger partial charge in [0.15, 0.2) is 11.5 Å². The lowest BCUT2D eigenvalue weighted by atomic mass is 10.1. The number of carbonyl (C=O) groups excluding carboxylic acids is 2. The molecule has 0 saturated heterocycles. The highest BCUT2D eigenvalue weighted by Crippen LogP contribution is 2.24. The smallest absolute Gasteiger partial charge is 0.273 e. The van der Waals surface area contributed by atoms with Gasteiger partial charge in [-0.05, 0) is 49.2 Å². The highest BCUT2D eigenvalue weighted by Gasteiger charge is 2.25. The van der Waals surface area contributed by atoms with Crippen molar-refractivity contribution in [3.05, 3.63) is 87.0 Å². The van der Waals surface area contributed by atoms with Crippen molar-refractivity contribution in [1.82, 2.24) is 15.4 Å². The summed E-state index contributed by atoms with van der Waals surface area (Å²) < 4.78 is 18.3. The number of benzene rings is 2. The van der Waals surface area contributed by atoms with Crippen LogP contribution in [-0.4, -0.2) is 27.9 Å². The summed E-state index contributed by atoms with van der Waals surface area (Å²) in [7, 11) is 0. The van der Waals surface area contributed by atoms with Gasteiger partial charge in [0.05, 0.1) is 17.1 Å². The Balaban J connectivity index is 1.70. The van der Waals surface area contributed by atoms with E-state index in [1.54, 1.807) is 29.2 Å². The molecule has 3 aromatic rings. The van der Waals surface area contributed by atoms with Crippen LogP contribution in [0.25, 0.3) is 0 Å². The molecular formula is C23H22Cl2FN3O3. The average Bonchev–Trinajstić information content (AvgIpc) is 3.25. The zero-order valence-corrected chi connectivity index (χ0v) is 19.1. The number of carbonyl (C=O) groups is 2. The Labute approximate surface area is 195 Å². The number of amides is 2. The van der Waals surface area contributed by atoms with Crippen LogP contribution in [0.5, 0.6) is 0 Å². The highest BCUT2D eigenvalue weighted by atomic mass is 35.5. The van der Waals surface area contributed by atoms with Crippen molar-refractivity contribution in [3.8, 4) is 0 Å². The van der Waals surface area contributed by atoms with Gasteiger partial charge in [-0.3, -0.25) is 9.59 Å². The molecule has 1 N–H and O–H groups in total. The molecule has 3 rings (SSSR count). The molecule has 0 aliphatic heterocycles. The maximum absolute atomic E-state index is 13.1. The van der Waals surface area contributed by atoms with E-state index in [9.17, 15) is 14.0 Å². The molecule has 0 radical (unpaired) electrons. The Kier molecular flexibility index (Phi) is 7.88. The summed E-state index contributed by atoms with van der Waals surface area (Å²) in [5, 5.41) is 7.21. The molecule has 0 fully saturated rings. The predicted octanol–water partition coefficient (Wildman–Crippen LogP) is 5.49. The van der Waals surface area contributed by atoms with Crippen LogP contribution in [0.4, 0.5) is 4.39 Å². The first kappa shape index (κ1) is 23.8. The molecule has 6 nitrogen and oxygen atoms in total. The third-order valence-corrected chi connectivity index (χ3v) is 5.58. The molecule has 0 aliphatic carbocycles. The monoisotopic (exact) mass is 477 g/mol. The first-order chi connectivity index (χ1) is 15.3. The Morgan fingerprint density at radius 2 is 1.88 bits per heavy atom. The second-order valence-electron chi connectivity index (χ2n) is 7.30. The van der Waals surface area contributed by atoms with E-state index in [0.29, 0.717) is 22.8 Å². The fraction of sp³-hybridized carbons (Fsp3) is 0.261. The van der Waals surface area contributed by atoms with Gasteiger partial charge in [0, 0.05) is 23.7 Å². The lowest BCUT2D eigenvalue weighted by Crippen LogP contribution is -2.37. The molecule has 0 aliphatic rings. The van der Waals surface area contributed by atoms with Crippen LogP contribution < -0.4 is 5.32 Å². The fourth-order valence-electron chi connectivity index (χ4n) is 3.00. The molecule has 1 heterocycles. The van der Waals surface area contributed by atoms with E-state index < -0.39 is 5.91 Å². The molecular weight excluding hydrogens is 456 g/mol. The lowest BCUT2D eigenvalue weighted by Gasteiger charge is -2.28. The van der Waals surface area contributed by atoms with Crippen molar-refractivity contribution in [3.63, 3.8) is 0 Å². The maximum Gasteiger partial charge on any atom is 0.273 e. The van der Waals surface area contributed by atoms with Crippen molar-refractivity contribution >= 4 is 35.0 Å². The Bertz CT molecular complexity index is 1100. The number of nitrogens with one attached hydrogen (secondary N) is 1. The SMILES string of the molecule is CCC(C)N(Cc1cc(C(=O)NCc2ccc(F)cc2)no1)C(=O)c1ccc(Cl)cc1Cl. The molecule has 168 valence electrons. The van der Waals surface area contributed by atoms with Crippen molar-refractivity contribution in [2.75, 3.05) is 0 Å². The van der Waals surface area contributed by atoms with Gasteiger partial charge in [-0.25, -0.2) is 4.39 Å². The maximum atomic E-state index is 13.1. The molecule has 32 heavy (non-hydrogen) atoms. The van der Waals surface area contributed by atoms with Gasteiger partial charge in [-0.2, -0.15) is 0 Å². The molecule has 1 unspecified atom stereocenters. The minimum Gasteiger partial charge on any atom is -0.359 e. The number of halogens is 3. The first-order valence-electron chi connectivity index (χ1n) is 10.0. The summed E-state index contributed by atoms with van der Waals surface area (Å²) in [6.45, 7) is 4.20. The van der Waals surface area contributed by atoms with Crippen LogP contribution in [0.3, 0.4) is 0 Å². The van der Waals surface area contributed by atoms with Gasteiger partial charge in [-0.15, -0.1) is 0 Å². The van der Waals surface area contributed by atoms with Gasteiger partial charge in [-0.1, -0.05) is 47.4 Å². The van der Waals surface area contributed by atoms with Gasteiger partial charge in [0.2, 0.25) is 0 Å². The molecule has 0 bridgehead atoms. The molecule has 1 atom stereocenters. The summed E-state index contributed by atoms with van der Waals surface area (Å²) in [4.78, 5) is 27.1. The van der Waals surface area contributed by atoms with E-state index in [4.69, 9.17) is 27.7 Å². The third-order valence-electron chi connectivity index (χ3n) is 5.03. The van der Waals surface area contributed by atoms with Crippen molar-refractivity contribution in [2.45, 2.75) is 39.4 Å². The van der Waals surface area contributed by atoms with Crippen LogP contribution in [0, 0.1) is 5.82 Å². The van der Waals surface area contributed by atoms with Crippen LogP contribution >= 0.6 is 23.2 Å². The van der Waals surface area contributed by atoms with Crippen molar-refractivity contribution < 1.29 is 18.5 Å². The third kappa shape index (κ3) is 5.87. The molecule has 9 heteroatoms. The Morgan fingerprint density at radius 1 is 1.16 bits per heavy atom. The minimum atomic E-state index is -0.438. The summed E-state index contributed by atoms with van der Waals surface area (Å²) in [5.74, 6) is -0.705. The highest BCUT2D eigenvalue weighted by molar-refractivity contribution is 6.36. The summed E-state index contributed by atoms with van der Waals surface area (Å²) in [6, 6.07) is 11.9. The van der Waals surface area contributed by atoms with E-state index >= 15 is 0 Å². The van der Waals surface area contributed by atoms with Crippen LogP contribution in [0.2, 0.25) is 10.0 Å². The minimum absolute atomic E-state index is 0.0863. The lowest BCUT2D eigenvalue weighted by molar-refractivity contribution is 0.0651. The van der Waals surface area contributed by atoms with E-state index in [1.165, 1.54) is 24.3 Å². The number of nitrogens with zero attached hydrogens (tertiary/aromatic N) is 2. The fourth-order valence-corrected chi connectivity index (χ4v) is 3.49. The topological polar surface area (TPSA) is 75.4 Å². The zero-order valence-electron chi connectivity index (χ0n) is 17.6. The first-order valence-corrected chi connectivity index (χ1v) is 10.8. The van der Waals surface area contributed by atoms with Gasteiger partial charge in [0.25, 0.3) is 11.8 Å². The number of hydrogen-bond acceptors (Lipinski definition) is 4. The quantitative estimate of drug-likeness (QED) is 0.465. The van der Waals surface area contributed by atoms with Crippen LogP contribution in [0.1, 0.15) is 52.4 Å². The summed E-state index contributed by atoms with van der Waals surface area (Å²) >= 11 is 12.2. The van der Waals surface area contributed by atoms with Crippen LogP contribution in [0.15, 0.2) is 53.1 Å². The number of rotatable bonds is 8. The predicted molar refractivity (Wildman–Crippen MR) is 120 cm³/mol. The molecule has 0 spiro atoms. The van der Waals surface area contributed by atoms with E-state index in [2.05, 4.69) is 10.5 Å². The second-order valence-corrected chi connectivity index (χ2v) is 8.15. The zero-order chi connectivity index (χ0) is 23.3. The van der Waals surface area contributed by atoms with Crippen molar-refractivity contribution in [2.24, 2.45) is 0 Å². The number of aromatic nitrogens is 1. The largest absolute Gasteiger partial charge is 0.359 e. The summed E-state index contributed by atoms with van der Waals surface area (Å²) in [6.07, 6.45) is 0.704. The van der Waals surface area contributed by atoms with E-state index in [1.807, 2.05) is 13.8 Å². The average molecular weight is 478 g/mol. The summed E-state index contributed by atoms with van der Waals surface area (Å²) in [5.41, 5.74) is 1.16. The van der Waals surface area contributed by atoms with E-state index in [0.717, 1.165) is 5.56 Å². The molecule has 2 amide bonds. The van der Waals surface area contributed by atoms with Gasteiger partial charge in [0.1, 0.15) is 5.82 Å². The number of hydrogen-bond donors (Lipinski definition) is 1. The van der Waals surface area contributed by atoms with Gasteiger partial charge >= 0.3 is 0 Å². The molecule has 1 aromatic heterocycles. The van der Waals surface area contributed by atoms with Gasteiger partial charge < -0.3 is 14.7 Å². The molecule has 2 aromatic carbocycles. The molecule has 0 saturated carbocycles. The standard InChI is InChI=1S/C23H22Cl2FN3O3/c1-3-14(2)29(23(31)19-9-6-16(24)10-20(19)25)13-18-11-21(28-32-18)22(30)27-12-15-4-7-17(26)8-5-15/h4-11,14H,3,12-13H2,1-2H3,(H,27,30). The van der Waals surface area contributed by atoms with E-state index in [-0.39, 0.29) is 41.6 Å². The Hall–Kier alpha value is -2.90. The van der Waals surface area contributed by atoms with Crippen molar-refractivity contribution in [1.29, 1.82) is 0 Å². The van der Waals surface area contributed by atoms with Crippen LogP contribution in [-0.2, 0) is 13.1 Å².